The predicted octanol–water partition coefficient (Wildman–Crippen LogP) is 0.489. The van der Waals surface area contributed by atoms with Crippen LogP contribution in [0.25, 0.3) is 11.2 Å². The summed E-state index contributed by atoms with van der Waals surface area (Å²) < 4.78 is 62.3. The lowest BCUT2D eigenvalue weighted by Crippen LogP contribution is -2.32. The summed E-state index contributed by atoms with van der Waals surface area (Å²) in [5.41, 5.74) is 5.20. The van der Waals surface area contributed by atoms with E-state index in [4.69, 9.17) is 33.3 Å². The summed E-state index contributed by atoms with van der Waals surface area (Å²) in [7, 11) is -4.70. The quantitative estimate of drug-likeness (QED) is 0.226. The molecule has 3 aliphatic heterocycles. The molecule has 3 aromatic rings. The zero-order chi connectivity index (χ0) is 28.2. The number of phosphoric acid groups is 1. The van der Waals surface area contributed by atoms with E-state index < -0.39 is 76.0 Å². The first kappa shape index (κ1) is 27.7. The number of hydrogen-bond donors (Lipinski definition) is 4. The van der Waals surface area contributed by atoms with Gasteiger partial charge in [0.2, 0.25) is 0 Å². The number of aromatic amines is 1. The Morgan fingerprint density at radius 2 is 1.65 bits per heavy atom. The van der Waals surface area contributed by atoms with Gasteiger partial charge in [-0.3, -0.25) is 37.0 Å². The Kier molecular flexibility index (Phi) is 7.23. The molecule has 0 bridgehead atoms. The maximum atomic E-state index is 13.2. The molecule has 3 aromatic heterocycles. The van der Waals surface area contributed by atoms with Gasteiger partial charge >= 0.3 is 20.3 Å². The lowest BCUT2D eigenvalue weighted by Gasteiger charge is -2.27. The van der Waals surface area contributed by atoms with E-state index in [-0.39, 0.29) is 18.7 Å². The molecule has 2 unspecified atom stereocenters. The van der Waals surface area contributed by atoms with Gasteiger partial charge in [0, 0.05) is 25.1 Å². The number of phosphoric ester groups is 1. The first-order valence-electron chi connectivity index (χ1n) is 11.8. The summed E-state index contributed by atoms with van der Waals surface area (Å²) in [4.78, 5) is 48.5. The zero-order valence-corrected chi connectivity index (χ0v) is 23.0. The van der Waals surface area contributed by atoms with E-state index in [9.17, 15) is 23.6 Å². The van der Waals surface area contributed by atoms with Gasteiger partial charge in [0.25, 0.3) is 5.56 Å². The van der Waals surface area contributed by atoms with Crippen LogP contribution in [0.4, 0.5) is 5.82 Å². The van der Waals surface area contributed by atoms with Gasteiger partial charge in [0.1, 0.15) is 48.7 Å². The highest BCUT2D eigenvalue weighted by molar-refractivity contribution is 8.44. The predicted molar refractivity (Wildman–Crippen MR) is 136 cm³/mol. The number of nitrogens with one attached hydrogen (secondary N) is 1. The minimum atomic E-state index is -4.70. The Balaban J connectivity index is 1.23. The Bertz CT molecular complexity index is 1650. The van der Waals surface area contributed by atoms with E-state index >= 15 is 0 Å². The highest BCUT2D eigenvalue weighted by Crippen LogP contribution is 2.58. The molecule has 18 nitrogen and oxygen atoms in total. The molecule has 8 atom stereocenters. The summed E-state index contributed by atoms with van der Waals surface area (Å²) in [6, 6.07) is 1.12. The third-order valence-corrected chi connectivity index (χ3v) is 9.22. The van der Waals surface area contributed by atoms with Gasteiger partial charge in [0.15, 0.2) is 11.5 Å². The molecule has 0 aromatic carbocycles. The van der Waals surface area contributed by atoms with Crippen LogP contribution in [-0.4, -0.2) is 71.6 Å². The standard InChI is InChI=1S/C19H23N7O11P2S/c20-17-16-18(22-7-21-17)26(8-23-16)15-3-9-12(35-15)6-33-39(31,40)37-10-4-14(25-2-1-13(27)24-19(25)28)34-11(10)5-32-38(29,30)36-9/h1-2,7-12,14-15H,3-6H2,(H,29,30)(H,31,40)(H2,20,21,22)(H,24,27,28)/t9-,10-,11+,12+,14+,15+,39?/m0/s1. The first-order chi connectivity index (χ1) is 19.0. The smallest absolute Gasteiger partial charge is 0.382 e. The number of nitrogen functional groups attached to an aromatic ring is 1. The molecule has 0 saturated carbocycles. The van der Waals surface area contributed by atoms with Crippen molar-refractivity contribution in [2.45, 2.75) is 49.7 Å². The number of hydrogen-bond acceptors (Lipinski definition) is 14. The van der Waals surface area contributed by atoms with Crippen molar-refractivity contribution in [2.24, 2.45) is 0 Å². The molecular formula is C19H23N7O11P2S. The Morgan fingerprint density at radius 1 is 0.975 bits per heavy atom. The average molecular weight is 619 g/mol. The first-order valence-corrected chi connectivity index (χ1v) is 16.0. The topological polar surface area (TPSA) is 234 Å². The maximum absolute atomic E-state index is 13.2. The summed E-state index contributed by atoms with van der Waals surface area (Å²) >= 11 is 4.07. The van der Waals surface area contributed by atoms with Crippen molar-refractivity contribution in [1.29, 1.82) is 0 Å². The number of ether oxygens (including phenoxy) is 2. The second-order valence-electron chi connectivity index (χ2n) is 9.15. The summed E-state index contributed by atoms with van der Waals surface area (Å²) in [6.07, 6.45) is -2.04. The second kappa shape index (κ2) is 10.4. The molecule has 0 radical (unpaired) electrons. The Morgan fingerprint density at radius 3 is 2.38 bits per heavy atom. The molecule has 216 valence electrons. The van der Waals surface area contributed by atoms with Gasteiger partial charge in [-0.05, 0) is 0 Å². The molecule has 4 N–H and O–H groups in total. The van der Waals surface area contributed by atoms with Crippen LogP contribution in [0.1, 0.15) is 25.3 Å². The van der Waals surface area contributed by atoms with Crippen LogP contribution in [0.5, 0.6) is 0 Å². The molecule has 40 heavy (non-hydrogen) atoms. The number of imidazole rings is 1. The Labute approximate surface area is 229 Å². The molecule has 0 aliphatic carbocycles. The van der Waals surface area contributed by atoms with Crippen molar-refractivity contribution >= 4 is 43.9 Å². The van der Waals surface area contributed by atoms with Gasteiger partial charge in [-0.25, -0.2) is 28.9 Å². The number of aromatic nitrogens is 6. The Hall–Kier alpha value is -2.44. The average Bonchev–Trinajstić information content (AvgIpc) is 3.58. The summed E-state index contributed by atoms with van der Waals surface area (Å²) in [5, 5.41) is 0. The van der Waals surface area contributed by atoms with E-state index in [0.717, 1.165) is 10.6 Å². The van der Waals surface area contributed by atoms with Crippen LogP contribution in [0, 0.1) is 0 Å². The van der Waals surface area contributed by atoms with Crippen molar-refractivity contribution < 1.29 is 41.6 Å². The number of fused-ring (bicyclic) bond motifs is 3. The van der Waals surface area contributed by atoms with Crippen LogP contribution >= 0.6 is 26.9 Å². The largest absolute Gasteiger partial charge is 0.472 e. The number of thiol groups is 1. The molecule has 6 rings (SSSR count). The van der Waals surface area contributed by atoms with Gasteiger partial charge in [-0.2, -0.15) is 0 Å². The molecule has 3 saturated heterocycles. The fourth-order valence-electron chi connectivity index (χ4n) is 4.74. The number of nitrogens with two attached hydrogens (primary N) is 1. The molecule has 21 heteroatoms. The molecule has 0 spiro atoms. The minimum absolute atomic E-state index is 0.0365. The number of nitrogens with zero attached hydrogens (tertiary/aromatic N) is 5. The SMILES string of the molecule is Nc1ncnc2c1ncn2[C@H]1C[C@@H]2OP(=O)(O)OC[C@H]3O[C@@H](n4ccc(=O)[nH]c4=O)C[C@@H]3OP(=O)(S)OC[C@H]2O1. The third kappa shape index (κ3) is 5.54. The number of rotatable bonds is 2. The lowest BCUT2D eigenvalue weighted by atomic mass is 10.2. The fraction of sp³-hybridized carbons (Fsp3) is 0.526. The molecule has 6 heterocycles. The van der Waals surface area contributed by atoms with Crippen molar-refractivity contribution in [3.8, 4) is 0 Å². The normalized spacial score (nSPS) is 37.0. The van der Waals surface area contributed by atoms with Gasteiger partial charge < -0.3 is 20.1 Å². The molecule has 3 fully saturated rings. The molecular weight excluding hydrogens is 596 g/mol. The van der Waals surface area contributed by atoms with Crippen molar-refractivity contribution in [2.75, 3.05) is 18.9 Å². The molecule has 0 amide bonds. The van der Waals surface area contributed by atoms with Gasteiger partial charge in [-0.1, -0.05) is 12.2 Å². The van der Waals surface area contributed by atoms with E-state index in [1.165, 1.54) is 18.9 Å². The van der Waals surface area contributed by atoms with E-state index in [2.05, 4.69) is 32.2 Å². The zero-order valence-electron chi connectivity index (χ0n) is 20.3. The highest BCUT2D eigenvalue weighted by atomic mass is 32.7. The van der Waals surface area contributed by atoms with Gasteiger partial charge in [-0.15, -0.1) is 0 Å². The van der Waals surface area contributed by atoms with Gasteiger partial charge in [0.05, 0.1) is 19.5 Å². The van der Waals surface area contributed by atoms with E-state index in [1.54, 1.807) is 4.57 Å². The summed E-state index contributed by atoms with van der Waals surface area (Å²) in [6.45, 7) is -5.00. The molecule has 3 aliphatic rings. The van der Waals surface area contributed by atoms with E-state index in [0.29, 0.717) is 11.2 Å². The monoisotopic (exact) mass is 619 g/mol. The van der Waals surface area contributed by atoms with Crippen LogP contribution in [0.3, 0.4) is 0 Å². The third-order valence-electron chi connectivity index (χ3n) is 6.56. The fourth-order valence-corrected chi connectivity index (χ4v) is 7.22. The van der Waals surface area contributed by atoms with Crippen LogP contribution < -0.4 is 17.0 Å². The van der Waals surface area contributed by atoms with Crippen molar-refractivity contribution in [3.63, 3.8) is 0 Å². The maximum Gasteiger partial charge on any atom is 0.472 e. The second-order valence-corrected chi connectivity index (χ2v) is 13.4. The highest BCUT2D eigenvalue weighted by Gasteiger charge is 2.47. The summed E-state index contributed by atoms with van der Waals surface area (Å²) in [5.74, 6) is 0.162. The van der Waals surface area contributed by atoms with Crippen LogP contribution in [0.2, 0.25) is 0 Å². The van der Waals surface area contributed by atoms with Crippen LogP contribution in [-0.2, 0) is 36.7 Å². The van der Waals surface area contributed by atoms with Crippen molar-refractivity contribution in [1.82, 2.24) is 29.1 Å². The number of H-pyrrole nitrogens is 1. The lowest BCUT2D eigenvalue weighted by molar-refractivity contribution is -0.0612. The van der Waals surface area contributed by atoms with E-state index in [1.807, 2.05) is 0 Å². The minimum Gasteiger partial charge on any atom is -0.382 e. The number of anilines is 1. The van der Waals surface area contributed by atoms with Crippen LogP contribution in [0.15, 0.2) is 34.5 Å². The van der Waals surface area contributed by atoms with Crippen molar-refractivity contribution in [3.05, 3.63) is 45.8 Å².